The van der Waals surface area contributed by atoms with E-state index in [-0.39, 0.29) is 11.9 Å². The first-order valence-electron chi connectivity index (χ1n) is 9.49. The number of ether oxygens (including phenoxy) is 1. The summed E-state index contributed by atoms with van der Waals surface area (Å²) in [6.07, 6.45) is 2.15. The van der Waals surface area contributed by atoms with Gasteiger partial charge in [-0.3, -0.25) is 4.79 Å². The predicted molar refractivity (Wildman–Crippen MR) is 121 cm³/mol. The van der Waals surface area contributed by atoms with E-state index in [4.69, 9.17) is 4.74 Å². The van der Waals surface area contributed by atoms with Gasteiger partial charge in [-0.15, -0.1) is 0 Å². The third-order valence-electron chi connectivity index (χ3n) is 5.74. The van der Waals surface area contributed by atoms with Gasteiger partial charge in [0.15, 0.2) is 0 Å². The molecule has 30 heavy (non-hydrogen) atoms. The molecule has 2 N–H and O–H groups in total. The number of amides is 1. The van der Waals surface area contributed by atoms with Crippen LogP contribution in [0.4, 0.5) is 5.69 Å². The van der Waals surface area contributed by atoms with Gasteiger partial charge >= 0.3 is 0 Å². The molecule has 0 saturated carbocycles. The molecule has 3 heterocycles. The van der Waals surface area contributed by atoms with Crippen molar-refractivity contribution in [2.45, 2.75) is 11.8 Å². The van der Waals surface area contributed by atoms with E-state index in [1.54, 1.807) is 0 Å². The largest absolute Gasteiger partial charge is 0.457 e. The maximum atomic E-state index is 13.4. The zero-order valence-corrected chi connectivity index (χ0v) is 18.7. The summed E-state index contributed by atoms with van der Waals surface area (Å²) in [5.41, 5.74) is 6.67. The molecule has 148 valence electrons. The van der Waals surface area contributed by atoms with E-state index in [0.29, 0.717) is 5.75 Å². The Balaban J connectivity index is 1.55. The van der Waals surface area contributed by atoms with Crippen LogP contribution in [0.3, 0.4) is 0 Å². The van der Waals surface area contributed by atoms with Crippen molar-refractivity contribution in [3.05, 3.63) is 98.4 Å². The second kappa shape index (κ2) is 6.44. The van der Waals surface area contributed by atoms with E-state index in [2.05, 4.69) is 48.7 Å². The summed E-state index contributed by atoms with van der Waals surface area (Å²) in [6.45, 7) is 0. The monoisotopic (exact) mass is 523 g/mol. The Bertz CT molecular complexity index is 1240. The molecule has 3 aliphatic heterocycles. The number of rotatable bonds is 1. The predicted octanol–water partition coefficient (Wildman–Crippen LogP) is 5.31. The molecule has 5 nitrogen and oxygen atoms in total. The van der Waals surface area contributed by atoms with Crippen LogP contribution < -0.4 is 15.5 Å². The van der Waals surface area contributed by atoms with Crippen molar-refractivity contribution in [1.82, 2.24) is 10.4 Å². The first-order chi connectivity index (χ1) is 14.6. The minimum atomic E-state index is -1.31. The number of para-hydroxylation sites is 1. The van der Waals surface area contributed by atoms with Crippen LogP contribution in [0.2, 0.25) is 0 Å². The Labute approximate surface area is 190 Å². The molecular formula is C23H15Br2N3O2. The van der Waals surface area contributed by atoms with Gasteiger partial charge in [0.25, 0.3) is 11.6 Å². The highest BCUT2D eigenvalue weighted by molar-refractivity contribution is 9.10. The highest BCUT2D eigenvalue weighted by Crippen LogP contribution is 2.53. The maximum Gasteiger partial charge on any atom is 0.291 e. The van der Waals surface area contributed by atoms with E-state index in [0.717, 1.165) is 37.0 Å². The Hall–Kier alpha value is -2.61. The van der Waals surface area contributed by atoms with Gasteiger partial charge in [0.05, 0.1) is 17.4 Å². The molecule has 0 saturated heterocycles. The van der Waals surface area contributed by atoms with Crippen molar-refractivity contribution < 1.29 is 9.53 Å². The smallest absolute Gasteiger partial charge is 0.291 e. The molecule has 6 rings (SSSR count). The molecule has 7 heteroatoms. The third-order valence-corrected chi connectivity index (χ3v) is 6.76. The van der Waals surface area contributed by atoms with Crippen LogP contribution in [0.25, 0.3) is 5.70 Å². The van der Waals surface area contributed by atoms with Crippen LogP contribution in [-0.2, 0) is 10.5 Å². The van der Waals surface area contributed by atoms with Crippen LogP contribution in [0.15, 0.2) is 81.8 Å². The van der Waals surface area contributed by atoms with Crippen molar-refractivity contribution in [3.8, 4) is 5.75 Å². The Morgan fingerprint density at radius 2 is 1.73 bits per heavy atom. The molecule has 0 unspecified atom stereocenters. The molecule has 0 aliphatic carbocycles. The van der Waals surface area contributed by atoms with Crippen LogP contribution in [0.5, 0.6) is 5.75 Å². The van der Waals surface area contributed by atoms with Crippen molar-refractivity contribution in [2.24, 2.45) is 0 Å². The number of halogens is 2. The Kier molecular flexibility index (Phi) is 3.90. The number of hydrogen-bond donors (Lipinski definition) is 2. The van der Waals surface area contributed by atoms with Crippen molar-refractivity contribution in [1.29, 1.82) is 0 Å². The van der Waals surface area contributed by atoms with E-state index < -0.39 is 5.72 Å². The lowest BCUT2D eigenvalue weighted by atomic mass is 9.95. The molecule has 0 radical (unpaired) electrons. The van der Waals surface area contributed by atoms with Gasteiger partial charge in [0.1, 0.15) is 5.75 Å². The van der Waals surface area contributed by atoms with Crippen LogP contribution in [0.1, 0.15) is 22.7 Å². The van der Waals surface area contributed by atoms with E-state index in [9.17, 15) is 4.79 Å². The SMILES string of the molecule is O=C1Nc2ccc(Br)cc2[C@@]12Oc1ccccc1[C@H]1C=C(c3ccc(Br)cc3)NN12. The van der Waals surface area contributed by atoms with Gasteiger partial charge in [-0.25, -0.2) is 0 Å². The lowest BCUT2D eigenvalue weighted by Crippen LogP contribution is -2.60. The lowest BCUT2D eigenvalue weighted by molar-refractivity contribution is -0.165. The molecule has 2 atom stereocenters. The minimum Gasteiger partial charge on any atom is -0.457 e. The summed E-state index contributed by atoms with van der Waals surface area (Å²) >= 11 is 7.03. The third kappa shape index (κ3) is 2.46. The van der Waals surface area contributed by atoms with Gasteiger partial charge in [0.2, 0.25) is 0 Å². The number of carbonyl (C=O) groups excluding carboxylic acids is 1. The van der Waals surface area contributed by atoms with E-state index >= 15 is 0 Å². The molecule has 3 aromatic rings. The average Bonchev–Trinajstić information content (AvgIpc) is 3.30. The van der Waals surface area contributed by atoms with E-state index in [1.807, 2.05) is 71.7 Å². The number of anilines is 1. The molecular weight excluding hydrogens is 510 g/mol. The Morgan fingerprint density at radius 3 is 2.57 bits per heavy atom. The van der Waals surface area contributed by atoms with Crippen LogP contribution >= 0.6 is 31.9 Å². The van der Waals surface area contributed by atoms with Crippen molar-refractivity contribution in [3.63, 3.8) is 0 Å². The van der Waals surface area contributed by atoms with Crippen molar-refractivity contribution in [2.75, 3.05) is 5.32 Å². The number of benzene rings is 3. The summed E-state index contributed by atoms with van der Waals surface area (Å²) in [4.78, 5) is 13.4. The number of fused-ring (bicyclic) bond motifs is 6. The minimum absolute atomic E-state index is 0.163. The summed E-state index contributed by atoms with van der Waals surface area (Å²) in [5, 5.41) is 4.91. The van der Waals surface area contributed by atoms with Gasteiger partial charge in [-0.05, 0) is 48.0 Å². The number of hydrazine groups is 1. The summed E-state index contributed by atoms with van der Waals surface area (Å²) in [7, 11) is 0. The zero-order valence-electron chi connectivity index (χ0n) is 15.5. The molecule has 0 fully saturated rings. The number of nitrogens with one attached hydrogen (secondary N) is 2. The average molecular weight is 525 g/mol. The molecule has 3 aliphatic rings. The number of carbonyl (C=O) groups is 1. The lowest BCUT2D eigenvalue weighted by Gasteiger charge is -2.44. The molecule has 0 aromatic heterocycles. The summed E-state index contributed by atoms with van der Waals surface area (Å²) in [6, 6.07) is 21.6. The van der Waals surface area contributed by atoms with E-state index in [1.165, 1.54) is 0 Å². The van der Waals surface area contributed by atoms with Crippen molar-refractivity contribution >= 4 is 49.2 Å². The normalized spacial score (nSPS) is 23.7. The first-order valence-corrected chi connectivity index (χ1v) is 11.1. The molecule has 3 aromatic carbocycles. The van der Waals surface area contributed by atoms with Gasteiger partial charge < -0.3 is 15.5 Å². The van der Waals surface area contributed by atoms with Crippen LogP contribution in [0, 0.1) is 0 Å². The van der Waals surface area contributed by atoms with Crippen LogP contribution in [-0.4, -0.2) is 10.9 Å². The summed E-state index contributed by atoms with van der Waals surface area (Å²) in [5.74, 6) is 0.491. The highest BCUT2D eigenvalue weighted by Gasteiger charge is 2.60. The fourth-order valence-corrected chi connectivity index (χ4v) is 4.99. The molecule has 0 bridgehead atoms. The number of nitrogens with zero attached hydrogens (tertiary/aromatic N) is 1. The molecule has 1 spiro atoms. The summed E-state index contributed by atoms with van der Waals surface area (Å²) < 4.78 is 8.38. The topological polar surface area (TPSA) is 53.6 Å². The fraction of sp³-hybridized carbons (Fsp3) is 0.0870. The zero-order chi connectivity index (χ0) is 20.5. The number of hydrogen-bond acceptors (Lipinski definition) is 4. The quantitative estimate of drug-likeness (QED) is 0.453. The first kappa shape index (κ1) is 18.2. The van der Waals surface area contributed by atoms with Gasteiger partial charge in [-0.2, -0.15) is 5.01 Å². The second-order valence-corrected chi connectivity index (χ2v) is 9.27. The Morgan fingerprint density at radius 1 is 0.967 bits per heavy atom. The standard InChI is InChI=1S/C23H15Br2N3O2/c24-14-7-5-13(6-8-14)19-12-20-16-3-1-2-4-21(16)30-23(28(20)27-19)17-11-15(25)9-10-18(17)26-22(23)29/h1-12,20,27H,(H,26,29)/t20-,23-/m1/s1. The second-order valence-electron chi connectivity index (χ2n) is 7.44. The molecule has 1 amide bonds. The highest BCUT2D eigenvalue weighted by atomic mass is 79.9. The van der Waals surface area contributed by atoms with Gasteiger partial charge in [0, 0.05) is 20.1 Å². The fourth-order valence-electron chi connectivity index (χ4n) is 4.36. The maximum absolute atomic E-state index is 13.4. The van der Waals surface area contributed by atoms with Gasteiger partial charge in [-0.1, -0.05) is 62.2 Å².